The van der Waals surface area contributed by atoms with Gasteiger partial charge in [0.25, 0.3) is 0 Å². The molecule has 1 unspecified atom stereocenters. The SMILES string of the molecule is Cc1cccnc1C(Cc1cccnc1N)NN. The van der Waals surface area contributed by atoms with Gasteiger partial charge >= 0.3 is 0 Å². The fourth-order valence-corrected chi connectivity index (χ4v) is 1.94. The first-order valence-corrected chi connectivity index (χ1v) is 5.79. The molecule has 0 spiro atoms. The van der Waals surface area contributed by atoms with E-state index in [-0.39, 0.29) is 6.04 Å². The summed E-state index contributed by atoms with van der Waals surface area (Å²) in [6.45, 7) is 2.01. The van der Waals surface area contributed by atoms with E-state index in [0.29, 0.717) is 12.2 Å². The van der Waals surface area contributed by atoms with E-state index >= 15 is 0 Å². The fraction of sp³-hybridized carbons (Fsp3) is 0.231. The van der Waals surface area contributed by atoms with Gasteiger partial charge in [-0.3, -0.25) is 16.3 Å². The lowest BCUT2D eigenvalue weighted by molar-refractivity contribution is 0.535. The van der Waals surface area contributed by atoms with E-state index in [2.05, 4.69) is 15.4 Å². The summed E-state index contributed by atoms with van der Waals surface area (Å²) in [6.07, 6.45) is 4.10. The number of nitrogens with one attached hydrogen (secondary N) is 1. The van der Waals surface area contributed by atoms with Crippen molar-refractivity contribution in [3.05, 3.63) is 53.5 Å². The minimum absolute atomic E-state index is 0.0716. The van der Waals surface area contributed by atoms with E-state index in [9.17, 15) is 0 Å². The molecule has 2 aromatic rings. The van der Waals surface area contributed by atoms with Gasteiger partial charge in [0, 0.05) is 12.4 Å². The molecule has 2 aromatic heterocycles. The maximum absolute atomic E-state index is 5.84. The maximum atomic E-state index is 5.84. The molecule has 0 radical (unpaired) electrons. The summed E-state index contributed by atoms with van der Waals surface area (Å²) in [6, 6.07) is 7.66. The number of hydrogen-bond acceptors (Lipinski definition) is 5. The van der Waals surface area contributed by atoms with Crippen LogP contribution >= 0.6 is 0 Å². The number of aryl methyl sites for hydroxylation is 1. The Bertz CT molecular complexity index is 526. The molecule has 5 N–H and O–H groups in total. The van der Waals surface area contributed by atoms with Crippen LogP contribution in [0.25, 0.3) is 0 Å². The normalized spacial score (nSPS) is 12.3. The fourth-order valence-electron chi connectivity index (χ4n) is 1.94. The van der Waals surface area contributed by atoms with Crippen LogP contribution in [0.3, 0.4) is 0 Å². The van der Waals surface area contributed by atoms with Crippen LogP contribution in [-0.4, -0.2) is 9.97 Å². The third-order valence-electron chi connectivity index (χ3n) is 2.93. The monoisotopic (exact) mass is 243 g/mol. The summed E-state index contributed by atoms with van der Waals surface area (Å²) in [5.74, 6) is 6.15. The van der Waals surface area contributed by atoms with E-state index in [1.165, 1.54) is 0 Å². The van der Waals surface area contributed by atoms with Crippen LogP contribution in [0.1, 0.15) is 22.9 Å². The summed E-state index contributed by atoms with van der Waals surface area (Å²) in [5, 5.41) is 0. The molecule has 1 atom stereocenters. The van der Waals surface area contributed by atoms with Gasteiger partial charge in [-0.2, -0.15) is 0 Å². The van der Waals surface area contributed by atoms with Crippen LogP contribution in [0.4, 0.5) is 5.82 Å². The highest BCUT2D eigenvalue weighted by Gasteiger charge is 2.15. The van der Waals surface area contributed by atoms with Gasteiger partial charge < -0.3 is 5.73 Å². The third-order valence-corrected chi connectivity index (χ3v) is 2.93. The Labute approximate surface area is 106 Å². The number of hydrogen-bond donors (Lipinski definition) is 3. The van der Waals surface area contributed by atoms with Crippen LogP contribution in [0.5, 0.6) is 0 Å². The largest absolute Gasteiger partial charge is 0.383 e. The van der Waals surface area contributed by atoms with Crippen molar-refractivity contribution in [1.82, 2.24) is 15.4 Å². The standard InChI is InChI=1S/C13H17N5/c1-9-4-2-6-16-12(9)11(18-15)8-10-5-3-7-17-13(10)14/h2-7,11,18H,8,15H2,1H3,(H2,14,17). The molecule has 0 saturated heterocycles. The average molecular weight is 243 g/mol. The first-order valence-electron chi connectivity index (χ1n) is 5.79. The predicted molar refractivity (Wildman–Crippen MR) is 71.4 cm³/mol. The molecule has 0 aliphatic heterocycles. The van der Waals surface area contributed by atoms with Crippen LogP contribution in [0.15, 0.2) is 36.7 Å². The van der Waals surface area contributed by atoms with Crippen molar-refractivity contribution in [1.29, 1.82) is 0 Å². The van der Waals surface area contributed by atoms with E-state index in [4.69, 9.17) is 11.6 Å². The molecule has 0 fully saturated rings. The van der Waals surface area contributed by atoms with Gasteiger partial charge in [0.15, 0.2) is 0 Å². The summed E-state index contributed by atoms with van der Waals surface area (Å²) in [4.78, 5) is 8.44. The molecular weight excluding hydrogens is 226 g/mol. The molecule has 18 heavy (non-hydrogen) atoms. The Morgan fingerprint density at radius 1 is 1.22 bits per heavy atom. The first-order chi connectivity index (χ1) is 8.72. The number of rotatable bonds is 4. The molecule has 2 rings (SSSR count). The second-order valence-electron chi connectivity index (χ2n) is 4.18. The quantitative estimate of drug-likeness (QED) is 0.553. The molecular formula is C13H17N5. The number of anilines is 1. The van der Waals surface area contributed by atoms with Gasteiger partial charge in [-0.1, -0.05) is 12.1 Å². The van der Waals surface area contributed by atoms with E-state index in [1.54, 1.807) is 12.4 Å². The van der Waals surface area contributed by atoms with Gasteiger partial charge in [0.05, 0.1) is 11.7 Å². The number of nitrogens with zero attached hydrogens (tertiary/aromatic N) is 2. The average Bonchev–Trinajstić information content (AvgIpc) is 2.39. The molecule has 0 amide bonds. The molecule has 94 valence electrons. The Morgan fingerprint density at radius 2 is 1.94 bits per heavy atom. The zero-order chi connectivity index (χ0) is 13.0. The smallest absolute Gasteiger partial charge is 0.126 e. The summed E-state index contributed by atoms with van der Waals surface area (Å²) in [7, 11) is 0. The molecule has 2 heterocycles. The zero-order valence-corrected chi connectivity index (χ0v) is 10.3. The number of nitrogen functional groups attached to an aromatic ring is 1. The van der Waals surface area contributed by atoms with Gasteiger partial charge in [0.2, 0.25) is 0 Å². The number of aromatic nitrogens is 2. The molecule has 0 aliphatic carbocycles. The van der Waals surface area contributed by atoms with Crippen molar-refractivity contribution < 1.29 is 0 Å². The summed E-state index contributed by atoms with van der Waals surface area (Å²) in [5.41, 5.74) is 11.6. The van der Waals surface area contributed by atoms with Gasteiger partial charge in [-0.25, -0.2) is 4.98 Å². The minimum Gasteiger partial charge on any atom is -0.383 e. The molecule has 0 saturated carbocycles. The van der Waals surface area contributed by atoms with E-state index < -0.39 is 0 Å². The van der Waals surface area contributed by atoms with Crippen molar-refractivity contribution in [2.24, 2.45) is 5.84 Å². The third kappa shape index (κ3) is 2.64. The number of pyridine rings is 2. The number of nitrogens with two attached hydrogens (primary N) is 2. The molecule has 5 nitrogen and oxygen atoms in total. The van der Waals surface area contributed by atoms with Gasteiger partial charge in [-0.05, 0) is 36.6 Å². The number of hydrazine groups is 1. The van der Waals surface area contributed by atoms with Crippen LogP contribution in [0.2, 0.25) is 0 Å². The first kappa shape index (κ1) is 12.5. The van der Waals surface area contributed by atoms with Crippen LogP contribution in [-0.2, 0) is 6.42 Å². The van der Waals surface area contributed by atoms with Gasteiger partial charge in [0.1, 0.15) is 5.82 Å². The Kier molecular flexibility index (Phi) is 3.86. The Balaban J connectivity index is 2.26. The zero-order valence-electron chi connectivity index (χ0n) is 10.3. The van der Waals surface area contributed by atoms with E-state index in [1.807, 2.05) is 31.2 Å². The minimum atomic E-state index is -0.0716. The second-order valence-corrected chi connectivity index (χ2v) is 4.18. The molecule has 5 heteroatoms. The molecule has 0 aliphatic rings. The van der Waals surface area contributed by atoms with Crippen LogP contribution < -0.4 is 17.0 Å². The molecule has 0 bridgehead atoms. The topological polar surface area (TPSA) is 89.8 Å². The Hall–Kier alpha value is -1.98. The van der Waals surface area contributed by atoms with Crippen molar-refractivity contribution >= 4 is 5.82 Å². The van der Waals surface area contributed by atoms with Gasteiger partial charge in [-0.15, -0.1) is 0 Å². The highest BCUT2D eigenvalue weighted by atomic mass is 15.2. The molecule has 0 aromatic carbocycles. The summed E-state index contributed by atoms with van der Waals surface area (Å²) >= 11 is 0. The lowest BCUT2D eigenvalue weighted by Crippen LogP contribution is -2.31. The lowest BCUT2D eigenvalue weighted by Gasteiger charge is -2.17. The lowest BCUT2D eigenvalue weighted by atomic mass is 10.0. The highest BCUT2D eigenvalue weighted by Crippen LogP contribution is 2.20. The predicted octanol–water partition coefficient (Wildman–Crippen LogP) is 1.11. The van der Waals surface area contributed by atoms with Crippen LogP contribution in [0, 0.1) is 6.92 Å². The highest BCUT2D eigenvalue weighted by molar-refractivity contribution is 5.39. The Morgan fingerprint density at radius 3 is 2.61 bits per heavy atom. The van der Waals surface area contributed by atoms with E-state index in [0.717, 1.165) is 16.8 Å². The van der Waals surface area contributed by atoms with Crippen molar-refractivity contribution in [3.63, 3.8) is 0 Å². The summed E-state index contributed by atoms with van der Waals surface area (Å²) < 4.78 is 0. The van der Waals surface area contributed by atoms with Crippen molar-refractivity contribution in [3.8, 4) is 0 Å². The van der Waals surface area contributed by atoms with Crippen molar-refractivity contribution in [2.75, 3.05) is 5.73 Å². The van der Waals surface area contributed by atoms with Crippen molar-refractivity contribution in [2.45, 2.75) is 19.4 Å². The second kappa shape index (κ2) is 5.57. The maximum Gasteiger partial charge on any atom is 0.126 e.